The first-order valence-corrected chi connectivity index (χ1v) is 18.7. The van der Waals surface area contributed by atoms with E-state index in [1.807, 2.05) is 92.8 Å². The molecule has 12 nitrogen and oxygen atoms in total. The monoisotopic (exact) mass is 782 g/mol. The van der Waals surface area contributed by atoms with Crippen LogP contribution < -0.4 is 44.3 Å². The molecule has 4 aromatic carbocycles. The summed E-state index contributed by atoms with van der Waals surface area (Å²) in [6.45, 7) is 8.35. The summed E-state index contributed by atoms with van der Waals surface area (Å²) in [5.74, 6) is 0.296. The normalized spacial score (nSPS) is 15.6. The van der Waals surface area contributed by atoms with Gasteiger partial charge in [-0.3, -0.25) is 14.4 Å². The minimum Gasteiger partial charge on any atom is -0.801 e. The Morgan fingerprint density at radius 1 is 0.946 bits per heavy atom. The molecule has 7 rings (SSSR count). The second kappa shape index (κ2) is 19.4. The molecule has 2 aliphatic heterocycles. The van der Waals surface area contributed by atoms with Gasteiger partial charge in [-0.15, -0.1) is 6.58 Å². The molecule has 2 aliphatic rings. The first-order valence-electron chi connectivity index (χ1n) is 17.9. The van der Waals surface area contributed by atoms with Crippen LogP contribution in [0.3, 0.4) is 0 Å². The van der Waals surface area contributed by atoms with E-state index in [9.17, 15) is 24.1 Å². The van der Waals surface area contributed by atoms with E-state index in [-0.39, 0.29) is 72.8 Å². The number of amides is 4. The molecule has 1 N–H and O–H groups in total. The van der Waals surface area contributed by atoms with Crippen LogP contribution >= 0.6 is 9.03 Å². The van der Waals surface area contributed by atoms with Crippen LogP contribution in [-0.2, 0) is 29.7 Å². The van der Waals surface area contributed by atoms with E-state index < -0.39 is 15.2 Å². The summed E-state index contributed by atoms with van der Waals surface area (Å²) in [6.07, 6.45) is 3.05. The number of hydrogen-bond donors (Lipinski definition) is 1. The molecule has 2 saturated heterocycles. The van der Waals surface area contributed by atoms with Gasteiger partial charge in [-0.05, 0) is 51.7 Å². The van der Waals surface area contributed by atoms with Gasteiger partial charge in [-0.2, -0.15) is 0 Å². The molecule has 3 heterocycles. The second-order valence-corrected chi connectivity index (χ2v) is 13.9. The Labute approximate surface area is 350 Å². The topological polar surface area (TPSA) is 130 Å². The van der Waals surface area contributed by atoms with Gasteiger partial charge < -0.3 is 29.1 Å². The number of nitrogens with zero attached hydrogens (tertiary/aromatic N) is 5. The van der Waals surface area contributed by atoms with Crippen molar-refractivity contribution in [1.82, 2.24) is 29.7 Å². The number of fused-ring (bicyclic) bond motifs is 2. The maximum Gasteiger partial charge on any atom is 1.00 e. The summed E-state index contributed by atoms with van der Waals surface area (Å²) in [4.78, 5) is 65.3. The predicted molar refractivity (Wildman–Crippen MR) is 212 cm³/mol. The number of ketones is 1. The van der Waals surface area contributed by atoms with Crippen LogP contribution in [0.1, 0.15) is 34.0 Å². The molecule has 2 atom stereocenters. The predicted octanol–water partition coefficient (Wildman–Crippen LogP) is 2.42. The van der Waals surface area contributed by atoms with Gasteiger partial charge in [0, 0.05) is 49.4 Å². The van der Waals surface area contributed by atoms with E-state index in [2.05, 4.69) is 28.7 Å². The van der Waals surface area contributed by atoms with Crippen molar-refractivity contribution in [3.8, 4) is 16.9 Å². The number of urea groups is 1. The van der Waals surface area contributed by atoms with Gasteiger partial charge in [0.25, 0.3) is 0 Å². The fraction of sp³-hybridized carbons (Fsp3) is 0.238. The van der Waals surface area contributed by atoms with Gasteiger partial charge in [-0.25, -0.2) is 14.8 Å². The van der Waals surface area contributed by atoms with Gasteiger partial charge in [0.2, 0.25) is 11.8 Å². The summed E-state index contributed by atoms with van der Waals surface area (Å²) in [5, 5.41) is 7.27. The van der Waals surface area contributed by atoms with Crippen LogP contribution in [0.2, 0.25) is 0 Å². The summed E-state index contributed by atoms with van der Waals surface area (Å²) in [5.41, 5.74) is 6.75. The quantitative estimate of drug-likeness (QED) is 0.0998. The van der Waals surface area contributed by atoms with Crippen molar-refractivity contribution in [3.05, 3.63) is 138 Å². The first kappa shape index (κ1) is 42.3. The Hall–Kier alpha value is -4.81. The van der Waals surface area contributed by atoms with Crippen LogP contribution in [0.15, 0.2) is 116 Å². The van der Waals surface area contributed by atoms with Crippen LogP contribution in [0.5, 0.6) is 5.75 Å². The van der Waals surface area contributed by atoms with Crippen LogP contribution in [0.25, 0.3) is 22.0 Å². The average molecular weight is 783 g/mol. The van der Waals surface area contributed by atoms with Crippen molar-refractivity contribution in [2.24, 2.45) is 7.05 Å². The van der Waals surface area contributed by atoms with Gasteiger partial charge in [0.05, 0.1) is 18.6 Å². The van der Waals surface area contributed by atoms with E-state index in [0.717, 1.165) is 33.2 Å². The third kappa shape index (κ3) is 9.76. The average Bonchev–Trinajstić information content (AvgIpc) is 3.53. The van der Waals surface area contributed by atoms with Crippen molar-refractivity contribution in [1.29, 1.82) is 0 Å². The minimum absolute atomic E-state index is 0. The van der Waals surface area contributed by atoms with E-state index in [1.54, 1.807) is 40.1 Å². The van der Waals surface area contributed by atoms with E-state index in [1.165, 1.54) is 10.5 Å². The maximum absolute atomic E-state index is 13.7. The molecule has 0 spiro atoms. The fourth-order valence-electron chi connectivity index (χ4n) is 6.95. The molecule has 284 valence electrons. The van der Waals surface area contributed by atoms with Crippen molar-refractivity contribution >= 4 is 43.6 Å². The molecule has 14 heteroatoms. The molecule has 5 aromatic rings. The number of hydrogen-bond acceptors (Lipinski definition) is 7. The standard InChI is InChI=1S/C35H36N6O4.C7H8O2P.Na/c1-4-17-39-22-33(44)40-23-32(43)38(21-31(40)41(39)35(45)36-18-25-9-6-5-7-10-25)19-28-11-8-12-29-30(20-37(3)34(28)29)27-15-13-26(14-16-27)24(2)42;1-6-2-4-7(5-3-6)9-10-8;/h4-16,20,31H,1,17-19,21-23H2,2-3H3,(H,36,45);2-5,10H,1H3;/q;-1;+1. The van der Waals surface area contributed by atoms with Gasteiger partial charge in [0.15, 0.2) is 5.78 Å². The van der Waals surface area contributed by atoms with Crippen molar-refractivity contribution in [3.63, 3.8) is 0 Å². The fourth-order valence-corrected chi connectivity index (χ4v) is 7.18. The molecular weight excluding hydrogens is 738 g/mol. The molecule has 1 aromatic heterocycles. The molecule has 0 bridgehead atoms. The van der Waals surface area contributed by atoms with Crippen LogP contribution in [0.4, 0.5) is 4.79 Å². The number of Topliss-reactive ketones (excluding diaryl/α,β-unsaturated/α-hetero) is 1. The third-order valence-electron chi connectivity index (χ3n) is 9.69. The summed E-state index contributed by atoms with van der Waals surface area (Å²) < 4.78 is 6.79. The van der Waals surface area contributed by atoms with Crippen LogP contribution in [0, 0.1) is 6.92 Å². The number of aryl methyl sites for hydroxylation is 2. The molecule has 56 heavy (non-hydrogen) atoms. The SMILES string of the molecule is C=CCN1CC(=O)N2CC(=O)N(Cc3cccc4c(-c5ccc(C(C)=O)cc5)cn(C)c34)CC2N1C(=O)NCc1ccccc1.Cc1ccc(OP[O-])cc1.[Na+]. The van der Waals surface area contributed by atoms with Gasteiger partial charge in [-0.1, -0.05) is 96.6 Å². The Morgan fingerprint density at radius 2 is 1.66 bits per heavy atom. The summed E-state index contributed by atoms with van der Waals surface area (Å²) in [7, 11) is 1.26. The number of nitrogens with one attached hydrogen (secondary N) is 1. The zero-order chi connectivity index (χ0) is 39.1. The minimum atomic E-state index is -0.718. The molecule has 4 amide bonds. The number of carbonyl (C=O) groups is 4. The smallest absolute Gasteiger partial charge is 0.801 e. The number of carbonyl (C=O) groups excluding carboxylic acids is 4. The van der Waals surface area contributed by atoms with E-state index >= 15 is 0 Å². The molecule has 0 aliphatic carbocycles. The molecule has 0 radical (unpaired) electrons. The van der Waals surface area contributed by atoms with E-state index in [4.69, 9.17) is 4.52 Å². The number of piperazine rings is 1. The Bertz CT molecular complexity index is 2180. The number of benzene rings is 4. The number of para-hydroxylation sites is 1. The summed E-state index contributed by atoms with van der Waals surface area (Å²) in [6, 6.07) is 30.3. The first-order chi connectivity index (χ1) is 26.6. The number of aromatic nitrogens is 1. The van der Waals surface area contributed by atoms with Crippen molar-refractivity contribution in [2.45, 2.75) is 33.1 Å². The number of rotatable bonds is 10. The second-order valence-electron chi connectivity index (χ2n) is 13.5. The van der Waals surface area contributed by atoms with E-state index in [0.29, 0.717) is 30.9 Å². The Morgan fingerprint density at radius 3 is 2.32 bits per heavy atom. The molecular formula is C42H44N6NaO6P. The van der Waals surface area contributed by atoms with Gasteiger partial charge >= 0.3 is 35.6 Å². The zero-order valence-electron chi connectivity index (χ0n) is 32.1. The molecule has 0 saturated carbocycles. The zero-order valence-corrected chi connectivity index (χ0v) is 35.1. The molecule has 2 fully saturated rings. The Kier molecular flexibility index (Phi) is 14.6. The summed E-state index contributed by atoms with van der Waals surface area (Å²) >= 11 is 0. The van der Waals surface area contributed by atoms with Gasteiger partial charge in [0.1, 0.15) is 18.5 Å². The van der Waals surface area contributed by atoms with Crippen LogP contribution in [-0.4, -0.2) is 80.4 Å². The maximum atomic E-state index is 13.7. The third-order valence-corrected chi connectivity index (χ3v) is 10.0. The molecule has 2 unspecified atom stereocenters. The largest absolute Gasteiger partial charge is 1.00 e. The Balaban J connectivity index is 0.000000476. The van der Waals surface area contributed by atoms with Crippen molar-refractivity contribution in [2.75, 3.05) is 26.2 Å². The number of hydrazine groups is 1. The van der Waals surface area contributed by atoms with Crippen molar-refractivity contribution < 1.29 is 58.2 Å².